The number of hydrazone groups is 1. The van der Waals surface area contributed by atoms with Crippen molar-refractivity contribution in [2.45, 2.75) is 12.8 Å². The second kappa shape index (κ2) is 9.98. The Balaban J connectivity index is 1.65. The van der Waals surface area contributed by atoms with Gasteiger partial charge in [-0.05, 0) is 36.2 Å². The summed E-state index contributed by atoms with van der Waals surface area (Å²) in [5.41, 5.74) is 5.12. The van der Waals surface area contributed by atoms with Crippen molar-refractivity contribution in [3.8, 4) is 0 Å². The maximum absolute atomic E-state index is 11.8. The van der Waals surface area contributed by atoms with E-state index < -0.39 is 0 Å². The van der Waals surface area contributed by atoms with E-state index in [0.29, 0.717) is 24.9 Å². The van der Waals surface area contributed by atoms with Gasteiger partial charge in [-0.25, -0.2) is 5.43 Å². The zero-order valence-corrected chi connectivity index (χ0v) is 15.1. The van der Waals surface area contributed by atoms with Crippen molar-refractivity contribution in [2.75, 3.05) is 25.5 Å². The topological polar surface area (TPSA) is 73.8 Å². The first-order valence-corrected chi connectivity index (χ1v) is 8.49. The minimum absolute atomic E-state index is 0.134. The van der Waals surface area contributed by atoms with Gasteiger partial charge in [-0.15, -0.1) is 0 Å². The van der Waals surface area contributed by atoms with E-state index >= 15 is 0 Å². The van der Waals surface area contributed by atoms with E-state index in [4.69, 9.17) is 0 Å². The summed E-state index contributed by atoms with van der Waals surface area (Å²) >= 11 is 0. The SMILES string of the molecule is CN(C)c1ccc(C=NNC(=O)CCCNC(=O)c2ccccc2)cc1. The minimum atomic E-state index is -0.180. The molecule has 0 bridgehead atoms. The largest absolute Gasteiger partial charge is 0.378 e. The number of anilines is 1. The summed E-state index contributed by atoms with van der Waals surface area (Å²) in [5.74, 6) is -0.315. The smallest absolute Gasteiger partial charge is 0.251 e. The summed E-state index contributed by atoms with van der Waals surface area (Å²) in [6.07, 6.45) is 2.46. The summed E-state index contributed by atoms with van der Waals surface area (Å²) in [4.78, 5) is 25.6. The molecule has 136 valence electrons. The Labute approximate surface area is 153 Å². The fraction of sp³-hybridized carbons (Fsp3) is 0.250. The summed E-state index contributed by atoms with van der Waals surface area (Å²) in [6.45, 7) is 0.441. The van der Waals surface area contributed by atoms with Crippen LogP contribution in [-0.4, -0.2) is 38.7 Å². The van der Waals surface area contributed by atoms with Crippen LogP contribution in [0.25, 0.3) is 0 Å². The lowest BCUT2D eigenvalue weighted by Gasteiger charge is -2.11. The van der Waals surface area contributed by atoms with Gasteiger partial charge in [-0.2, -0.15) is 5.10 Å². The van der Waals surface area contributed by atoms with Crippen LogP contribution in [0.2, 0.25) is 0 Å². The Bertz CT molecular complexity index is 740. The van der Waals surface area contributed by atoms with E-state index in [1.807, 2.05) is 61.5 Å². The van der Waals surface area contributed by atoms with Crippen LogP contribution in [-0.2, 0) is 4.79 Å². The van der Waals surface area contributed by atoms with E-state index in [1.165, 1.54) is 0 Å². The van der Waals surface area contributed by atoms with Crippen molar-refractivity contribution in [1.29, 1.82) is 0 Å². The van der Waals surface area contributed by atoms with Crippen LogP contribution in [0.1, 0.15) is 28.8 Å². The average molecular weight is 352 g/mol. The van der Waals surface area contributed by atoms with E-state index in [-0.39, 0.29) is 11.8 Å². The molecule has 0 saturated carbocycles. The zero-order valence-electron chi connectivity index (χ0n) is 15.1. The molecule has 2 rings (SSSR count). The molecule has 2 aromatic rings. The molecule has 6 heteroatoms. The van der Waals surface area contributed by atoms with Gasteiger partial charge in [-0.1, -0.05) is 30.3 Å². The molecular formula is C20H24N4O2. The number of hydrogen-bond acceptors (Lipinski definition) is 4. The number of hydrogen-bond donors (Lipinski definition) is 2. The van der Waals surface area contributed by atoms with Gasteiger partial charge in [-0.3, -0.25) is 9.59 Å². The molecule has 2 amide bonds. The molecule has 0 heterocycles. The third-order valence-corrected chi connectivity index (χ3v) is 3.71. The number of nitrogens with one attached hydrogen (secondary N) is 2. The van der Waals surface area contributed by atoms with Crippen LogP contribution >= 0.6 is 0 Å². The van der Waals surface area contributed by atoms with Crippen molar-refractivity contribution in [1.82, 2.24) is 10.7 Å². The van der Waals surface area contributed by atoms with Crippen molar-refractivity contribution in [3.63, 3.8) is 0 Å². The monoisotopic (exact) mass is 352 g/mol. The molecule has 0 fully saturated rings. The highest BCUT2D eigenvalue weighted by Crippen LogP contribution is 2.10. The summed E-state index contributed by atoms with van der Waals surface area (Å²) in [6, 6.07) is 16.8. The Kier molecular flexibility index (Phi) is 7.36. The fourth-order valence-corrected chi connectivity index (χ4v) is 2.24. The van der Waals surface area contributed by atoms with Gasteiger partial charge >= 0.3 is 0 Å². The highest BCUT2D eigenvalue weighted by molar-refractivity contribution is 5.94. The maximum Gasteiger partial charge on any atom is 0.251 e. The van der Waals surface area contributed by atoms with E-state index in [1.54, 1.807) is 18.3 Å². The lowest BCUT2D eigenvalue weighted by molar-refractivity contribution is -0.121. The zero-order chi connectivity index (χ0) is 18.8. The molecular weight excluding hydrogens is 328 g/mol. The molecule has 0 saturated heterocycles. The molecule has 0 aliphatic carbocycles. The first-order chi connectivity index (χ1) is 12.6. The molecule has 26 heavy (non-hydrogen) atoms. The van der Waals surface area contributed by atoms with Gasteiger partial charge in [0.05, 0.1) is 6.21 Å². The number of carbonyl (C=O) groups is 2. The second-order valence-corrected chi connectivity index (χ2v) is 6.00. The molecule has 0 unspecified atom stereocenters. The van der Waals surface area contributed by atoms with Crippen LogP contribution in [0.3, 0.4) is 0 Å². The number of amides is 2. The number of carbonyl (C=O) groups excluding carboxylic acids is 2. The van der Waals surface area contributed by atoms with Crippen molar-refractivity contribution >= 4 is 23.7 Å². The molecule has 6 nitrogen and oxygen atoms in total. The molecule has 0 aliphatic heterocycles. The summed E-state index contributed by atoms with van der Waals surface area (Å²) in [5, 5.41) is 6.74. The number of nitrogens with zero attached hydrogens (tertiary/aromatic N) is 2. The molecule has 0 spiro atoms. The molecule has 0 aromatic heterocycles. The Morgan fingerprint density at radius 2 is 1.73 bits per heavy atom. The van der Waals surface area contributed by atoms with Gasteiger partial charge < -0.3 is 10.2 Å². The van der Waals surface area contributed by atoms with Gasteiger partial charge in [0, 0.05) is 38.3 Å². The minimum Gasteiger partial charge on any atom is -0.378 e. The first-order valence-electron chi connectivity index (χ1n) is 8.49. The predicted molar refractivity (Wildman–Crippen MR) is 105 cm³/mol. The lowest BCUT2D eigenvalue weighted by Crippen LogP contribution is -2.26. The normalized spacial score (nSPS) is 10.5. The quantitative estimate of drug-likeness (QED) is 0.435. The third kappa shape index (κ3) is 6.39. The van der Waals surface area contributed by atoms with Gasteiger partial charge in [0.1, 0.15) is 0 Å². The van der Waals surface area contributed by atoms with Gasteiger partial charge in [0.25, 0.3) is 5.91 Å². The van der Waals surface area contributed by atoms with Crippen LogP contribution in [0.15, 0.2) is 59.7 Å². The Morgan fingerprint density at radius 1 is 1.04 bits per heavy atom. The van der Waals surface area contributed by atoms with Crippen molar-refractivity contribution in [3.05, 3.63) is 65.7 Å². The van der Waals surface area contributed by atoms with Crippen LogP contribution in [0.4, 0.5) is 5.69 Å². The van der Waals surface area contributed by atoms with Crippen molar-refractivity contribution in [2.24, 2.45) is 5.10 Å². The number of benzene rings is 2. The van der Waals surface area contributed by atoms with Crippen LogP contribution in [0.5, 0.6) is 0 Å². The Morgan fingerprint density at radius 3 is 2.38 bits per heavy atom. The summed E-state index contributed by atoms with van der Waals surface area (Å²) in [7, 11) is 3.96. The van der Waals surface area contributed by atoms with Crippen LogP contribution < -0.4 is 15.6 Å². The number of rotatable bonds is 8. The Hall–Kier alpha value is -3.15. The van der Waals surface area contributed by atoms with E-state index in [2.05, 4.69) is 15.8 Å². The average Bonchev–Trinajstić information content (AvgIpc) is 2.66. The van der Waals surface area contributed by atoms with E-state index in [0.717, 1.165) is 11.3 Å². The van der Waals surface area contributed by atoms with E-state index in [9.17, 15) is 9.59 Å². The molecule has 2 aromatic carbocycles. The highest BCUT2D eigenvalue weighted by Gasteiger charge is 2.04. The maximum atomic E-state index is 11.8. The standard InChI is InChI=1S/C20H24N4O2/c1-24(2)18-12-10-16(11-13-18)15-22-23-19(25)9-6-14-21-20(26)17-7-4-3-5-8-17/h3-5,7-8,10-13,15H,6,9,14H2,1-2H3,(H,21,26)(H,23,25). The van der Waals surface area contributed by atoms with Gasteiger partial charge in [0.15, 0.2) is 0 Å². The fourth-order valence-electron chi connectivity index (χ4n) is 2.24. The summed E-state index contributed by atoms with van der Waals surface area (Å²) < 4.78 is 0. The lowest BCUT2D eigenvalue weighted by atomic mass is 10.2. The molecule has 0 aliphatic rings. The molecule has 2 N–H and O–H groups in total. The third-order valence-electron chi connectivity index (χ3n) is 3.71. The first kappa shape index (κ1) is 19.2. The predicted octanol–water partition coefficient (Wildman–Crippen LogP) is 2.41. The van der Waals surface area contributed by atoms with Crippen molar-refractivity contribution < 1.29 is 9.59 Å². The second-order valence-electron chi connectivity index (χ2n) is 6.00. The van der Waals surface area contributed by atoms with Crippen LogP contribution in [0, 0.1) is 0 Å². The highest BCUT2D eigenvalue weighted by atomic mass is 16.2. The van der Waals surface area contributed by atoms with Gasteiger partial charge in [0.2, 0.25) is 5.91 Å². The molecule has 0 radical (unpaired) electrons. The molecule has 0 atom stereocenters.